The molecule has 0 unspecified atom stereocenters. The Hall–Kier alpha value is -0.850. The normalized spacial score (nSPS) is 19.0. The monoisotopic (exact) mass is 206 g/mol. The smallest absolute Gasteiger partial charge is 0.126 e. The third kappa shape index (κ3) is 1.49. The van der Waals surface area contributed by atoms with E-state index in [1.165, 1.54) is 18.4 Å². The average molecular weight is 206 g/mol. The predicted molar refractivity (Wildman–Crippen MR) is 61.5 cm³/mol. The van der Waals surface area contributed by atoms with Gasteiger partial charge in [-0.3, -0.25) is 0 Å². The first-order valence-corrected chi connectivity index (χ1v) is 5.64. The van der Waals surface area contributed by atoms with Crippen molar-refractivity contribution >= 4 is 0 Å². The summed E-state index contributed by atoms with van der Waals surface area (Å²) in [7, 11) is 0. The standard InChI is InChI=1S/C14H19F/c1-10-11(6-5-7-12(10)15)14(8-9-14)13(2,3)4/h5-7H,8-9H2,1-4H3. The zero-order chi connectivity index (χ0) is 11.3. The molecule has 0 aliphatic heterocycles. The van der Waals surface area contributed by atoms with Crippen LogP contribution >= 0.6 is 0 Å². The number of hydrogen-bond acceptors (Lipinski definition) is 0. The quantitative estimate of drug-likeness (QED) is 0.645. The largest absolute Gasteiger partial charge is 0.207 e. The van der Waals surface area contributed by atoms with Crippen LogP contribution in [0.2, 0.25) is 0 Å². The Bertz CT molecular complexity index is 381. The number of halogens is 1. The Morgan fingerprint density at radius 1 is 1.20 bits per heavy atom. The predicted octanol–water partition coefficient (Wildman–Crippen LogP) is 4.21. The fraction of sp³-hybridized carbons (Fsp3) is 0.571. The van der Waals surface area contributed by atoms with Gasteiger partial charge in [0.25, 0.3) is 0 Å². The first-order valence-electron chi connectivity index (χ1n) is 5.64. The molecular weight excluding hydrogens is 187 g/mol. The Balaban J connectivity index is 2.51. The van der Waals surface area contributed by atoms with Crippen LogP contribution in [-0.2, 0) is 5.41 Å². The van der Waals surface area contributed by atoms with Gasteiger partial charge in [-0.2, -0.15) is 0 Å². The lowest BCUT2D eigenvalue weighted by Gasteiger charge is -2.32. The fourth-order valence-corrected chi connectivity index (χ4v) is 2.67. The van der Waals surface area contributed by atoms with Gasteiger partial charge in [0.05, 0.1) is 0 Å². The summed E-state index contributed by atoms with van der Waals surface area (Å²) in [6, 6.07) is 5.48. The summed E-state index contributed by atoms with van der Waals surface area (Å²) in [5.74, 6) is -0.0666. The van der Waals surface area contributed by atoms with Crippen molar-refractivity contribution in [2.45, 2.75) is 46.0 Å². The van der Waals surface area contributed by atoms with Crippen molar-refractivity contribution in [3.05, 3.63) is 35.1 Å². The van der Waals surface area contributed by atoms with Gasteiger partial charge in [-0.1, -0.05) is 32.9 Å². The van der Waals surface area contributed by atoms with Crippen LogP contribution in [0.25, 0.3) is 0 Å². The van der Waals surface area contributed by atoms with Crippen LogP contribution in [0.3, 0.4) is 0 Å². The second-order valence-electron chi connectivity index (χ2n) is 5.74. The lowest BCUT2D eigenvalue weighted by molar-refractivity contribution is 0.297. The lowest BCUT2D eigenvalue weighted by Crippen LogP contribution is -2.27. The molecule has 0 N–H and O–H groups in total. The van der Waals surface area contributed by atoms with Crippen LogP contribution in [0.1, 0.15) is 44.7 Å². The molecule has 0 saturated heterocycles. The van der Waals surface area contributed by atoms with Crippen molar-refractivity contribution in [2.24, 2.45) is 5.41 Å². The summed E-state index contributed by atoms with van der Waals surface area (Å²) in [6.07, 6.45) is 2.39. The summed E-state index contributed by atoms with van der Waals surface area (Å²) < 4.78 is 13.5. The molecule has 1 fully saturated rings. The average Bonchev–Trinajstić information content (AvgIpc) is 2.89. The minimum Gasteiger partial charge on any atom is -0.207 e. The minimum absolute atomic E-state index is 0.0666. The first-order chi connectivity index (χ1) is 6.88. The Labute approximate surface area is 91.5 Å². The molecule has 0 aromatic heterocycles. The maximum atomic E-state index is 13.5. The van der Waals surface area contributed by atoms with E-state index in [2.05, 4.69) is 26.8 Å². The lowest BCUT2D eigenvalue weighted by atomic mass is 9.72. The number of benzene rings is 1. The Morgan fingerprint density at radius 2 is 1.80 bits per heavy atom. The SMILES string of the molecule is Cc1c(F)cccc1C1(C(C)(C)C)CC1. The maximum Gasteiger partial charge on any atom is 0.126 e. The molecule has 0 spiro atoms. The number of rotatable bonds is 1. The first kappa shape index (κ1) is 10.7. The van der Waals surface area contributed by atoms with E-state index >= 15 is 0 Å². The van der Waals surface area contributed by atoms with E-state index in [0.29, 0.717) is 0 Å². The Kier molecular flexibility index (Phi) is 2.18. The van der Waals surface area contributed by atoms with Gasteiger partial charge >= 0.3 is 0 Å². The molecule has 1 aliphatic carbocycles. The van der Waals surface area contributed by atoms with Crippen LogP contribution in [0.4, 0.5) is 4.39 Å². The molecule has 0 radical (unpaired) electrons. The molecular formula is C14H19F. The van der Waals surface area contributed by atoms with E-state index in [0.717, 1.165) is 5.56 Å². The van der Waals surface area contributed by atoms with Gasteiger partial charge in [-0.05, 0) is 42.4 Å². The van der Waals surface area contributed by atoms with Crippen molar-refractivity contribution < 1.29 is 4.39 Å². The van der Waals surface area contributed by atoms with Crippen LogP contribution in [0.5, 0.6) is 0 Å². The van der Waals surface area contributed by atoms with Gasteiger partial charge in [-0.15, -0.1) is 0 Å². The summed E-state index contributed by atoms with van der Waals surface area (Å²) in [5, 5.41) is 0. The highest BCUT2D eigenvalue weighted by atomic mass is 19.1. The molecule has 15 heavy (non-hydrogen) atoms. The van der Waals surface area contributed by atoms with E-state index in [1.54, 1.807) is 6.07 Å². The molecule has 0 nitrogen and oxygen atoms in total. The van der Waals surface area contributed by atoms with E-state index < -0.39 is 0 Å². The van der Waals surface area contributed by atoms with Gasteiger partial charge in [0.2, 0.25) is 0 Å². The van der Waals surface area contributed by atoms with Crippen molar-refractivity contribution in [2.75, 3.05) is 0 Å². The van der Waals surface area contributed by atoms with Gasteiger partial charge < -0.3 is 0 Å². The van der Waals surface area contributed by atoms with Gasteiger partial charge in [0.15, 0.2) is 0 Å². The van der Waals surface area contributed by atoms with Crippen molar-refractivity contribution in [1.29, 1.82) is 0 Å². The summed E-state index contributed by atoms with van der Waals surface area (Å²) in [6.45, 7) is 8.66. The molecule has 0 bridgehead atoms. The third-order valence-electron chi connectivity index (χ3n) is 3.97. The fourth-order valence-electron chi connectivity index (χ4n) is 2.67. The minimum atomic E-state index is -0.0666. The van der Waals surface area contributed by atoms with Crippen molar-refractivity contribution in [3.8, 4) is 0 Å². The molecule has 1 aliphatic rings. The molecule has 82 valence electrons. The van der Waals surface area contributed by atoms with Crippen LogP contribution in [0.15, 0.2) is 18.2 Å². The molecule has 0 heterocycles. The molecule has 1 aromatic rings. The van der Waals surface area contributed by atoms with Crippen LogP contribution in [-0.4, -0.2) is 0 Å². The van der Waals surface area contributed by atoms with Gasteiger partial charge in [0.1, 0.15) is 5.82 Å². The highest BCUT2D eigenvalue weighted by molar-refractivity contribution is 5.40. The molecule has 1 aromatic carbocycles. The van der Waals surface area contributed by atoms with E-state index in [9.17, 15) is 4.39 Å². The van der Waals surface area contributed by atoms with E-state index in [4.69, 9.17) is 0 Å². The molecule has 2 rings (SSSR count). The Morgan fingerprint density at radius 3 is 2.27 bits per heavy atom. The summed E-state index contributed by atoms with van der Waals surface area (Å²) in [4.78, 5) is 0. The summed E-state index contributed by atoms with van der Waals surface area (Å²) in [5.41, 5.74) is 2.50. The zero-order valence-electron chi connectivity index (χ0n) is 10.0. The van der Waals surface area contributed by atoms with Crippen LogP contribution in [0, 0.1) is 18.2 Å². The highest BCUT2D eigenvalue weighted by Crippen LogP contribution is 2.60. The second-order valence-corrected chi connectivity index (χ2v) is 5.74. The second kappa shape index (κ2) is 3.07. The van der Waals surface area contributed by atoms with E-state index in [1.807, 2.05) is 13.0 Å². The van der Waals surface area contributed by atoms with Crippen molar-refractivity contribution in [1.82, 2.24) is 0 Å². The highest BCUT2D eigenvalue weighted by Gasteiger charge is 2.53. The van der Waals surface area contributed by atoms with E-state index in [-0.39, 0.29) is 16.6 Å². The third-order valence-corrected chi connectivity index (χ3v) is 3.97. The van der Waals surface area contributed by atoms with Gasteiger partial charge in [-0.25, -0.2) is 4.39 Å². The molecule has 0 amide bonds. The van der Waals surface area contributed by atoms with Gasteiger partial charge in [0, 0.05) is 5.41 Å². The zero-order valence-corrected chi connectivity index (χ0v) is 10.0. The molecule has 1 saturated carbocycles. The molecule has 1 heteroatoms. The topological polar surface area (TPSA) is 0 Å². The number of hydrogen-bond donors (Lipinski definition) is 0. The van der Waals surface area contributed by atoms with Crippen LogP contribution < -0.4 is 0 Å². The maximum absolute atomic E-state index is 13.5. The molecule has 0 atom stereocenters. The summed E-state index contributed by atoms with van der Waals surface area (Å²) >= 11 is 0. The van der Waals surface area contributed by atoms with Crippen molar-refractivity contribution in [3.63, 3.8) is 0 Å².